The van der Waals surface area contributed by atoms with Gasteiger partial charge >= 0.3 is 12.1 Å². The third-order valence-electron chi connectivity index (χ3n) is 4.26. The monoisotopic (exact) mass is 445 g/mol. The van der Waals surface area contributed by atoms with E-state index in [1.807, 2.05) is 0 Å². The van der Waals surface area contributed by atoms with Crippen molar-refractivity contribution in [2.24, 2.45) is 0 Å². The van der Waals surface area contributed by atoms with Crippen LogP contribution in [0.5, 0.6) is 5.75 Å². The van der Waals surface area contributed by atoms with Gasteiger partial charge in [0.15, 0.2) is 6.10 Å². The molecule has 30 heavy (non-hydrogen) atoms. The molecule has 2 aromatic carbocycles. The molecule has 0 saturated carbocycles. The van der Waals surface area contributed by atoms with Gasteiger partial charge in [-0.25, -0.2) is 4.79 Å². The van der Waals surface area contributed by atoms with E-state index in [2.05, 4.69) is 10.1 Å². The number of hydrogen-bond acceptors (Lipinski definition) is 5. The average molecular weight is 446 g/mol. The molecule has 1 amide bonds. The molecular formula is C20H19ClF3NO5. The number of benzene rings is 2. The molecule has 2 aromatic rings. The van der Waals surface area contributed by atoms with Gasteiger partial charge in [-0.3, -0.25) is 4.79 Å². The molecule has 2 atom stereocenters. The fourth-order valence-electron chi connectivity index (χ4n) is 2.66. The quantitative estimate of drug-likeness (QED) is 0.639. The summed E-state index contributed by atoms with van der Waals surface area (Å²) in [4.78, 5) is 24.4. The molecule has 0 spiro atoms. The highest BCUT2D eigenvalue weighted by Crippen LogP contribution is 2.30. The minimum absolute atomic E-state index is 0.00184. The van der Waals surface area contributed by atoms with Crippen LogP contribution in [0, 0.1) is 0 Å². The number of carbonyl (C=O) groups is 2. The second kappa shape index (κ2) is 9.82. The molecule has 2 rings (SSSR count). The maximum Gasteiger partial charge on any atom is 0.416 e. The first-order chi connectivity index (χ1) is 14.1. The molecule has 0 heterocycles. The first kappa shape index (κ1) is 23.5. The van der Waals surface area contributed by atoms with Crippen LogP contribution in [0.15, 0.2) is 42.5 Å². The predicted molar refractivity (Wildman–Crippen MR) is 102 cm³/mol. The Hall–Kier alpha value is -2.78. The predicted octanol–water partition coefficient (Wildman–Crippen LogP) is 3.30. The molecule has 6 nitrogen and oxygen atoms in total. The summed E-state index contributed by atoms with van der Waals surface area (Å²) < 4.78 is 47.7. The first-order valence-electron chi connectivity index (χ1n) is 8.62. The van der Waals surface area contributed by atoms with Gasteiger partial charge in [0, 0.05) is 6.42 Å². The Morgan fingerprint density at radius 2 is 1.77 bits per heavy atom. The smallest absolute Gasteiger partial charge is 0.416 e. The minimum atomic E-state index is -4.54. The number of halogens is 4. The number of hydrogen-bond donors (Lipinski definition) is 2. The Bertz CT molecular complexity index is 902. The lowest BCUT2D eigenvalue weighted by Gasteiger charge is -2.19. The van der Waals surface area contributed by atoms with Crippen molar-refractivity contribution in [1.82, 2.24) is 5.32 Å². The number of nitrogens with one attached hydrogen (secondary N) is 1. The summed E-state index contributed by atoms with van der Waals surface area (Å²) in [7, 11) is 2.58. The van der Waals surface area contributed by atoms with Crippen LogP contribution in [-0.2, 0) is 26.9 Å². The molecule has 0 unspecified atom stereocenters. The second-order valence-electron chi connectivity index (χ2n) is 6.28. The Labute approximate surface area is 175 Å². The Morgan fingerprint density at radius 1 is 1.13 bits per heavy atom. The van der Waals surface area contributed by atoms with Crippen molar-refractivity contribution < 1.29 is 37.3 Å². The van der Waals surface area contributed by atoms with Gasteiger partial charge in [0.25, 0.3) is 5.91 Å². The SMILES string of the molecule is COC(=O)[C@@H](Cc1ccc(OC)c(Cl)c1)NC(=O)[C@@H](O)c1ccc(C(F)(F)F)cc1. The average Bonchev–Trinajstić information content (AvgIpc) is 2.71. The van der Waals surface area contributed by atoms with Crippen molar-refractivity contribution in [3.8, 4) is 5.75 Å². The number of aliphatic hydroxyl groups excluding tert-OH is 1. The Morgan fingerprint density at radius 3 is 2.27 bits per heavy atom. The van der Waals surface area contributed by atoms with Gasteiger partial charge in [-0.1, -0.05) is 29.8 Å². The van der Waals surface area contributed by atoms with Crippen molar-refractivity contribution in [3.05, 3.63) is 64.2 Å². The molecule has 0 aromatic heterocycles. The highest BCUT2D eigenvalue weighted by molar-refractivity contribution is 6.32. The number of carbonyl (C=O) groups excluding carboxylic acids is 2. The van der Waals surface area contributed by atoms with Crippen LogP contribution in [-0.4, -0.2) is 37.2 Å². The molecule has 0 saturated heterocycles. The van der Waals surface area contributed by atoms with E-state index in [0.29, 0.717) is 16.3 Å². The van der Waals surface area contributed by atoms with Crippen molar-refractivity contribution in [3.63, 3.8) is 0 Å². The van der Waals surface area contributed by atoms with Crippen LogP contribution >= 0.6 is 11.6 Å². The maximum absolute atomic E-state index is 12.7. The van der Waals surface area contributed by atoms with Gasteiger partial charge in [-0.2, -0.15) is 13.2 Å². The molecule has 0 fully saturated rings. The summed E-state index contributed by atoms with van der Waals surface area (Å²) in [5.74, 6) is -1.31. The third kappa shape index (κ3) is 5.87. The summed E-state index contributed by atoms with van der Waals surface area (Å²) in [5.41, 5.74) is -0.389. The molecule has 0 aliphatic rings. The summed E-state index contributed by atoms with van der Waals surface area (Å²) in [6.45, 7) is 0. The van der Waals surface area contributed by atoms with E-state index in [9.17, 15) is 27.9 Å². The lowest BCUT2D eigenvalue weighted by atomic mass is 10.0. The molecule has 162 valence electrons. The number of ether oxygens (including phenoxy) is 2. The van der Waals surface area contributed by atoms with Crippen molar-refractivity contribution >= 4 is 23.5 Å². The van der Waals surface area contributed by atoms with Gasteiger partial charge < -0.3 is 19.9 Å². The Kier molecular flexibility index (Phi) is 7.69. The fraction of sp³-hybridized carbons (Fsp3) is 0.300. The largest absolute Gasteiger partial charge is 0.495 e. The number of amides is 1. The lowest BCUT2D eigenvalue weighted by Crippen LogP contribution is -2.45. The molecule has 0 bridgehead atoms. The summed E-state index contributed by atoms with van der Waals surface area (Å²) in [6.07, 6.45) is -6.32. The number of aliphatic hydroxyl groups is 1. The van der Waals surface area contributed by atoms with Crippen LogP contribution in [0.2, 0.25) is 5.02 Å². The van der Waals surface area contributed by atoms with E-state index in [1.165, 1.54) is 7.11 Å². The van der Waals surface area contributed by atoms with Crippen molar-refractivity contribution in [2.45, 2.75) is 24.7 Å². The zero-order valence-electron chi connectivity index (χ0n) is 16.0. The topological polar surface area (TPSA) is 84.9 Å². The summed E-state index contributed by atoms with van der Waals surface area (Å²) in [6, 6.07) is 7.11. The van der Waals surface area contributed by atoms with Gasteiger partial charge in [-0.05, 0) is 35.4 Å². The molecule has 10 heteroatoms. The minimum Gasteiger partial charge on any atom is -0.495 e. The number of esters is 1. The van der Waals surface area contributed by atoms with Crippen LogP contribution in [0.4, 0.5) is 13.2 Å². The number of rotatable bonds is 7. The zero-order chi connectivity index (χ0) is 22.5. The van der Waals surface area contributed by atoms with E-state index in [4.69, 9.17) is 16.3 Å². The highest BCUT2D eigenvalue weighted by Gasteiger charge is 2.31. The van der Waals surface area contributed by atoms with E-state index < -0.39 is 35.8 Å². The van der Waals surface area contributed by atoms with Crippen molar-refractivity contribution in [1.29, 1.82) is 0 Å². The number of methoxy groups -OCH3 is 2. The van der Waals surface area contributed by atoms with Crippen LogP contribution < -0.4 is 10.1 Å². The van der Waals surface area contributed by atoms with Gasteiger partial charge in [-0.15, -0.1) is 0 Å². The van der Waals surface area contributed by atoms with Crippen LogP contribution in [0.25, 0.3) is 0 Å². The third-order valence-corrected chi connectivity index (χ3v) is 4.56. The van der Waals surface area contributed by atoms with Gasteiger partial charge in [0.05, 0.1) is 24.8 Å². The van der Waals surface area contributed by atoms with E-state index in [-0.39, 0.29) is 12.0 Å². The normalized spacial score (nSPS) is 13.3. The highest BCUT2D eigenvalue weighted by atomic mass is 35.5. The molecule has 0 radical (unpaired) electrons. The van der Waals surface area contributed by atoms with Gasteiger partial charge in [0.2, 0.25) is 0 Å². The van der Waals surface area contributed by atoms with E-state index in [1.54, 1.807) is 18.2 Å². The molecular weight excluding hydrogens is 427 g/mol. The van der Waals surface area contributed by atoms with Gasteiger partial charge in [0.1, 0.15) is 11.8 Å². The van der Waals surface area contributed by atoms with Crippen LogP contribution in [0.3, 0.4) is 0 Å². The lowest BCUT2D eigenvalue weighted by molar-refractivity contribution is -0.146. The van der Waals surface area contributed by atoms with Crippen molar-refractivity contribution in [2.75, 3.05) is 14.2 Å². The fourth-order valence-corrected chi connectivity index (χ4v) is 2.94. The molecule has 0 aliphatic heterocycles. The molecule has 0 aliphatic carbocycles. The summed E-state index contributed by atoms with van der Waals surface area (Å²) >= 11 is 6.06. The molecule has 2 N–H and O–H groups in total. The number of alkyl halides is 3. The Balaban J connectivity index is 2.14. The second-order valence-corrected chi connectivity index (χ2v) is 6.69. The summed E-state index contributed by atoms with van der Waals surface area (Å²) in [5, 5.41) is 12.8. The maximum atomic E-state index is 12.7. The standard InChI is InChI=1S/C20H19ClF3NO5/c1-29-16-8-3-11(9-14(16)21)10-15(19(28)30-2)25-18(27)17(26)12-4-6-13(7-5-12)20(22,23)24/h3-9,15,17,26H,10H2,1-2H3,(H,25,27)/t15-,17+/m1/s1. The van der Waals surface area contributed by atoms with E-state index >= 15 is 0 Å². The van der Waals surface area contributed by atoms with Crippen LogP contribution in [0.1, 0.15) is 22.8 Å². The zero-order valence-corrected chi connectivity index (χ0v) is 16.8. The van der Waals surface area contributed by atoms with E-state index in [0.717, 1.165) is 31.4 Å². The first-order valence-corrected chi connectivity index (χ1v) is 9.00.